The molecule has 1 fully saturated rings. The van der Waals surface area contributed by atoms with Gasteiger partial charge in [-0.05, 0) is 30.4 Å². The van der Waals surface area contributed by atoms with Gasteiger partial charge in [0.15, 0.2) is 0 Å². The minimum atomic E-state index is -0.351. The van der Waals surface area contributed by atoms with Crippen LogP contribution in [0.2, 0.25) is 0 Å². The van der Waals surface area contributed by atoms with Crippen LogP contribution in [0.5, 0.6) is 0 Å². The lowest BCUT2D eigenvalue weighted by Crippen LogP contribution is -2.49. The van der Waals surface area contributed by atoms with E-state index in [4.69, 9.17) is 12.6 Å². The second-order valence-electron chi connectivity index (χ2n) is 4.96. The van der Waals surface area contributed by atoms with Crippen molar-refractivity contribution in [1.29, 1.82) is 0 Å². The molecule has 3 rings (SSSR count). The second-order valence-corrected chi connectivity index (χ2v) is 5.38. The molecule has 1 saturated heterocycles. The number of hydrogen-bond donors (Lipinski definition) is 0. The van der Waals surface area contributed by atoms with Gasteiger partial charge < -0.3 is 12.6 Å². The molecule has 0 N–H and O–H groups in total. The zero-order chi connectivity index (χ0) is 12.8. The zero-order valence-electron chi connectivity index (χ0n) is 9.96. The van der Waals surface area contributed by atoms with Crippen molar-refractivity contribution in [2.45, 2.75) is 19.3 Å². The number of piperidine rings is 1. The van der Waals surface area contributed by atoms with Crippen LogP contribution in [0, 0.1) is 10.1 Å². The van der Waals surface area contributed by atoms with Crippen LogP contribution in [0.3, 0.4) is 0 Å². The SMILES string of the molecule is O=[N+]([O-])c1ccc2c(c1)C=C([S-])[N+]21CCCCC1. The number of quaternary nitrogens is 1. The molecule has 0 aliphatic carbocycles. The van der Waals surface area contributed by atoms with Gasteiger partial charge in [0.2, 0.25) is 0 Å². The standard InChI is InChI=1S/C13H14N2O2S/c16-14(17)11-4-5-12-10(8-11)9-13(18)15(12)6-2-1-3-7-15/h4-5,8-9H,1-3,6-7H2. The van der Waals surface area contributed by atoms with E-state index in [0.29, 0.717) is 0 Å². The predicted octanol–water partition coefficient (Wildman–Crippen LogP) is 2.94. The summed E-state index contributed by atoms with van der Waals surface area (Å²) < 4.78 is 0.739. The van der Waals surface area contributed by atoms with Crippen LogP contribution in [-0.4, -0.2) is 18.0 Å². The molecule has 5 heteroatoms. The van der Waals surface area contributed by atoms with Crippen molar-refractivity contribution in [3.63, 3.8) is 0 Å². The molecule has 4 nitrogen and oxygen atoms in total. The zero-order valence-corrected chi connectivity index (χ0v) is 10.8. The van der Waals surface area contributed by atoms with E-state index in [1.807, 2.05) is 12.1 Å². The highest BCUT2D eigenvalue weighted by Gasteiger charge is 2.38. The Hall–Kier alpha value is -1.46. The first-order valence-electron chi connectivity index (χ1n) is 6.19. The van der Waals surface area contributed by atoms with Gasteiger partial charge in [-0.15, -0.1) is 0 Å². The minimum absolute atomic E-state index is 0.143. The van der Waals surface area contributed by atoms with Crippen molar-refractivity contribution in [1.82, 2.24) is 4.48 Å². The van der Waals surface area contributed by atoms with Gasteiger partial charge in [-0.25, -0.2) is 0 Å². The Morgan fingerprint density at radius 3 is 2.61 bits per heavy atom. The van der Waals surface area contributed by atoms with Crippen molar-refractivity contribution in [3.8, 4) is 0 Å². The Morgan fingerprint density at radius 1 is 1.22 bits per heavy atom. The van der Waals surface area contributed by atoms with Gasteiger partial charge in [-0.1, -0.05) is 0 Å². The van der Waals surface area contributed by atoms with Crippen molar-refractivity contribution >= 4 is 30.1 Å². The van der Waals surface area contributed by atoms with Crippen molar-refractivity contribution in [3.05, 3.63) is 38.9 Å². The third kappa shape index (κ3) is 1.54. The summed E-state index contributed by atoms with van der Waals surface area (Å²) in [6.07, 6.45) is 5.53. The van der Waals surface area contributed by atoms with Gasteiger partial charge in [0, 0.05) is 23.8 Å². The molecule has 0 bridgehead atoms. The first kappa shape index (κ1) is 11.6. The molecule has 1 spiro atoms. The molecule has 18 heavy (non-hydrogen) atoms. The topological polar surface area (TPSA) is 43.1 Å². The third-order valence-corrected chi connectivity index (χ3v) is 4.43. The van der Waals surface area contributed by atoms with E-state index >= 15 is 0 Å². The van der Waals surface area contributed by atoms with E-state index in [-0.39, 0.29) is 10.6 Å². The fourth-order valence-electron chi connectivity index (χ4n) is 3.05. The first-order valence-corrected chi connectivity index (χ1v) is 6.60. The minimum Gasteiger partial charge on any atom is -0.721 e. The maximum Gasteiger partial charge on any atom is 0.270 e. The van der Waals surface area contributed by atoms with E-state index in [1.54, 1.807) is 12.1 Å². The summed E-state index contributed by atoms with van der Waals surface area (Å²) in [6, 6.07) is 5.12. The van der Waals surface area contributed by atoms with Gasteiger partial charge in [0.1, 0.15) is 5.69 Å². The molecular weight excluding hydrogens is 248 g/mol. The van der Waals surface area contributed by atoms with Crippen LogP contribution in [-0.2, 0) is 12.6 Å². The Kier molecular flexibility index (Phi) is 2.60. The third-order valence-electron chi connectivity index (χ3n) is 3.96. The lowest BCUT2D eigenvalue weighted by Gasteiger charge is -2.43. The summed E-state index contributed by atoms with van der Waals surface area (Å²) in [5, 5.41) is 11.7. The molecule has 0 saturated carbocycles. The normalized spacial score (nSPS) is 20.6. The van der Waals surface area contributed by atoms with Gasteiger partial charge in [-0.2, -0.15) is 0 Å². The van der Waals surface area contributed by atoms with Crippen molar-refractivity contribution in [2.75, 3.05) is 13.1 Å². The molecule has 94 valence electrons. The molecule has 0 unspecified atom stereocenters. The van der Waals surface area contributed by atoms with Crippen molar-refractivity contribution < 1.29 is 4.92 Å². The lowest BCUT2D eigenvalue weighted by molar-refractivity contribution is -0.384. The number of hydrogen-bond acceptors (Lipinski definition) is 3. The summed E-state index contributed by atoms with van der Waals surface area (Å²) in [4.78, 5) is 10.5. The van der Waals surface area contributed by atoms with Crippen LogP contribution < -0.4 is 4.48 Å². The Morgan fingerprint density at radius 2 is 1.94 bits per heavy atom. The lowest BCUT2D eigenvalue weighted by atomic mass is 10.1. The summed E-state index contributed by atoms with van der Waals surface area (Å²) in [7, 11) is 0. The fraction of sp³-hybridized carbons (Fsp3) is 0.385. The average molecular weight is 262 g/mol. The van der Waals surface area contributed by atoms with Crippen LogP contribution in [0.15, 0.2) is 23.2 Å². The number of fused-ring (bicyclic) bond motifs is 2. The molecule has 0 aromatic heterocycles. The molecule has 0 amide bonds. The maximum absolute atomic E-state index is 10.8. The number of benzene rings is 1. The highest BCUT2D eigenvalue weighted by Crippen LogP contribution is 2.43. The largest absolute Gasteiger partial charge is 0.721 e. The number of nitrogens with zero attached hydrogens (tertiary/aromatic N) is 2. The fourth-order valence-corrected chi connectivity index (χ4v) is 3.46. The summed E-state index contributed by atoms with van der Waals surface area (Å²) in [5.74, 6) is 0. The molecule has 0 atom stereocenters. The van der Waals surface area contributed by atoms with E-state index in [2.05, 4.69) is 0 Å². The van der Waals surface area contributed by atoms with E-state index < -0.39 is 0 Å². The van der Waals surface area contributed by atoms with Crippen molar-refractivity contribution in [2.24, 2.45) is 0 Å². The van der Waals surface area contributed by atoms with Gasteiger partial charge in [-0.3, -0.25) is 14.6 Å². The highest BCUT2D eigenvalue weighted by molar-refractivity contribution is 7.63. The number of non-ortho nitro benzene ring substituents is 1. The molecule has 2 aliphatic rings. The number of nitro benzene ring substituents is 1. The molecule has 0 radical (unpaired) electrons. The smallest absolute Gasteiger partial charge is 0.270 e. The summed E-state index contributed by atoms with van der Waals surface area (Å²) in [6.45, 7) is 2.06. The molecular formula is C13H14N2O2S. The molecule has 1 aromatic rings. The Bertz CT molecular complexity index is 548. The maximum atomic E-state index is 10.8. The molecule has 1 aromatic carbocycles. The number of rotatable bonds is 1. The second kappa shape index (κ2) is 4.03. The molecule has 2 aliphatic heterocycles. The number of nitro groups is 1. The van der Waals surface area contributed by atoms with E-state index in [1.165, 1.54) is 19.3 Å². The molecule has 2 heterocycles. The quantitative estimate of drug-likeness (QED) is 0.338. The Labute approximate surface area is 111 Å². The van der Waals surface area contributed by atoms with E-state index in [0.717, 1.165) is 33.9 Å². The monoisotopic (exact) mass is 262 g/mol. The van der Waals surface area contributed by atoms with Gasteiger partial charge >= 0.3 is 0 Å². The van der Waals surface area contributed by atoms with E-state index in [9.17, 15) is 10.1 Å². The summed E-state index contributed by atoms with van der Waals surface area (Å²) in [5.41, 5.74) is 2.21. The van der Waals surface area contributed by atoms with Crippen LogP contribution in [0.4, 0.5) is 11.4 Å². The first-order chi connectivity index (χ1) is 8.63. The van der Waals surface area contributed by atoms with Crippen LogP contribution in [0.25, 0.3) is 6.08 Å². The Balaban J connectivity index is 2.09. The summed E-state index contributed by atoms with van der Waals surface area (Å²) >= 11 is 5.51. The van der Waals surface area contributed by atoms with Gasteiger partial charge in [0.25, 0.3) is 5.69 Å². The highest BCUT2D eigenvalue weighted by atomic mass is 32.1. The van der Waals surface area contributed by atoms with Crippen LogP contribution >= 0.6 is 0 Å². The average Bonchev–Trinajstić information content (AvgIpc) is 2.63. The van der Waals surface area contributed by atoms with Crippen LogP contribution in [0.1, 0.15) is 24.8 Å². The van der Waals surface area contributed by atoms with Gasteiger partial charge in [0.05, 0.1) is 18.0 Å². The predicted molar refractivity (Wildman–Crippen MR) is 73.8 cm³/mol.